The lowest BCUT2D eigenvalue weighted by Crippen LogP contribution is -2.38. The number of amides is 1. The lowest BCUT2D eigenvalue weighted by atomic mass is 9.97. The average molecular weight is 481 g/mol. The third-order valence-corrected chi connectivity index (χ3v) is 6.94. The second-order valence-electron chi connectivity index (χ2n) is 9.56. The summed E-state index contributed by atoms with van der Waals surface area (Å²) in [5.41, 5.74) is 4.47. The van der Waals surface area contributed by atoms with Crippen LogP contribution in [-0.4, -0.2) is 48.2 Å². The summed E-state index contributed by atoms with van der Waals surface area (Å²) < 4.78 is 1.78. The maximum atomic E-state index is 13.6. The molecule has 0 radical (unpaired) electrons. The first-order chi connectivity index (χ1) is 16.3. The van der Waals surface area contributed by atoms with Gasteiger partial charge in [0.1, 0.15) is 6.33 Å². The van der Waals surface area contributed by atoms with Crippen LogP contribution in [0.2, 0.25) is 5.02 Å². The molecule has 1 aliphatic carbocycles. The first kappa shape index (κ1) is 23.0. The van der Waals surface area contributed by atoms with Crippen molar-refractivity contribution in [3.05, 3.63) is 69.9 Å². The van der Waals surface area contributed by atoms with E-state index in [-0.39, 0.29) is 23.8 Å². The van der Waals surface area contributed by atoms with Crippen molar-refractivity contribution in [2.75, 3.05) is 6.54 Å². The van der Waals surface area contributed by atoms with Crippen molar-refractivity contribution in [1.29, 1.82) is 0 Å². The summed E-state index contributed by atoms with van der Waals surface area (Å²) in [5.74, 6) is 0.636. The fourth-order valence-corrected chi connectivity index (χ4v) is 5.04. The highest BCUT2D eigenvalue weighted by Crippen LogP contribution is 2.41. The maximum absolute atomic E-state index is 13.6. The number of nitrogens with zero attached hydrogens (tertiary/aromatic N) is 5. The Bertz CT molecular complexity index is 1190. The Hall–Kier alpha value is -2.81. The van der Waals surface area contributed by atoms with Crippen LogP contribution in [0.4, 0.5) is 0 Å². The van der Waals surface area contributed by atoms with Crippen LogP contribution < -0.4 is 5.32 Å². The van der Waals surface area contributed by atoms with E-state index in [9.17, 15) is 9.90 Å². The fourth-order valence-electron chi connectivity index (χ4n) is 4.92. The molecular weight excluding hydrogens is 452 g/mol. The number of carbonyl (C=O) groups excluding carboxylic acids is 1. The SMILES string of the molecule is CC(C)NC[C@@H](C(=O)N1Cc2cn(-c3ncnc4c3[C@H](C)C[C@H]4O)nc2C1)c1ccc(Cl)cc1. The van der Waals surface area contributed by atoms with E-state index in [0.717, 1.165) is 22.4 Å². The van der Waals surface area contributed by atoms with E-state index in [1.54, 1.807) is 4.68 Å². The van der Waals surface area contributed by atoms with Crippen LogP contribution in [0, 0.1) is 0 Å². The number of aliphatic hydroxyl groups excluding tert-OH is 1. The Balaban J connectivity index is 1.37. The fraction of sp³-hybridized carbons (Fsp3) is 0.440. The first-order valence-corrected chi connectivity index (χ1v) is 12.1. The van der Waals surface area contributed by atoms with Gasteiger partial charge in [0.2, 0.25) is 5.91 Å². The summed E-state index contributed by atoms with van der Waals surface area (Å²) in [7, 11) is 0. The highest BCUT2D eigenvalue weighted by Gasteiger charge is 2.35. The molecule has 0 saturated carbocycles. The van der Waals surface area contributed by atoms with Crippen molar-refractivity contribution < 1.29 is 9.90 Å². The van der Waals surface area contributed by atoms with E-state index >= 15 is 0 Å². The lowest BCUT2D eigenvalue weighted by Gasteiger charge is -2.25. The Morgan fingerprint density at radius 1 is 1.24 bits per heavy atom. The highest BCUT2D eigenvalue weighted by molar-refractivity contribution is 6.30. The average Bonchev–Trinajstić information content (AvgIpc) is 3.46. The van der Waals surface area contributed by atoms with Gasteiger partial charge in [-0.15, -0.1) is 0 Å². The molecule has 5 rings (SSSR count). The topological polar surface area (TPSA) is 96.2 Å². The predicted octanol–water partition coefficient (Wildman–Crippen LogP) is 3.48. The van der Waals surface area contributed by atoms with Gasteiger partial charge in [-0.05, 0) is 30.0 Å². The number of hydrogen-bond acceptors (Lipinski definition) is 6. The van der Waals surface area contributed by atoms with Crippen LogP contribution in [-0.2, 0) is 17.9 Å². The molecule has 1 aromatic carbocycles. The molecule has 178 valence electrons. The molecule has 3 heterocycles. The van der Waals surface area contributed by atoms with E-state index in [1.165, 1.54) is 6.33 Å². The summed E-state index contributed by atoms with van der Waals surface area (Å²) >= 11 is 6.07. The van der Waals surface area contributed by atoms with Crippen LogP contribution in [0.25, 0.3) is 5.82 Å². The monoisotopic (exact) mass is 480 g/mol. The third-order valence-electron chi connectivity index (χ3n) is 6.69. The molecule has 3 aromatic rings. The second kappa shape index (κ2) is 9.09. The predicted molar refractivity (Wildman–Crippen MR) is 129 cm³/mol. The summed E-state index contributed by atoms with van der Waals surface area (Å²) in [6.07, 6.45) is 3.51. The molecule has 8 nitrogen and oxygen atoms in total. The molecule has 1 amide bonds. The summed E-state index contributed by atoms with van der Waals surface area (Å²) in [6.45, 7) is 7.73. The van der Waals surface area contributed by atoms with E-state index in [1.807, 2.05) is 35.4 Å². The Morgan fingerprint density at radius 3 is 2.71 bits per heavy atom. The van der Waals surface area contributed by atoms with Crippen molar-refractivity contribution in [3.63, 3.8) is 0 Å². The van der Waals surface area contributed by atoms with Gasteiger partial charge < -0.3 is 15.3 Å². The number of benzene rings is 1. The zero-order valence-electron chi connectivity index (χ0n) is 19.6. The molecule has 0 bridgehead atoms. The quantitative estimate of drug-likeness (QED) is 0.560. The first-order valence-electron chi connectivity index (χ1n) is 11.7. The number of aromatic nitrogens is 4. The van der Waals surface area contributed by atoms with Crippen molar-refractivity contribution in [3.8, 4) is 5.82 Å². The van der Waals surface area contributed by atoms with E-state index < -0.39 is 6.10 Å². The molecule has 1 aliphatic heterocycles. The molecule has 0 fully saturated rings. The molecule has 3 atom stereocenters. The summed E-state index contributed by atoms with van der Waals surface area (Å²) in [5, 5.41) is 19.1. The van der Waals surface area contributed by atoms with Crippen LogP contribution in [0.5, 0.6) is 0 Å². The van der Waals surface area contributed by atoms with Gasteiger partial charge in [-0.3, -0.25) is 4.79 Å². The Kier molecular flexibility index (Phi) is 6.14. The minimum atomic E-state index is -0.563. The number of fused-ring (bicyclic) bond motifs is 2. The molecule has 2 aliphatic rings. The number of halogens is 1. The Morgan fingerprint density at radius 2 is 2.00 bits per heavy atom. The van der Waals surface area contributed by atoms with E-state index in [0.29, 0.717) is 42.6 Å². The van der Waals surface area contributed by atoms with Crippen LogP contribution in [0.1, 0.15) is 73.2 Å². The van der Waals surface area contributed by atoms with E-state index in [2.05, 4.69) is 36.1 Å². The number of carbonyl (C=O) groups is 1. The molecule has 0 unspecified atom stereocenters. The second-order valence-corrected chi connectivity index (χ2v) is 9.99. The van der Waals surface area contributed by atoms with Gasteiger partial charge in [-0.2, -0.15) is 5.10 Å². The zero-order valence-corrected chi connectivity index (χ0v) is 20.3. The van der Waals surface area contributed by atoms with Gasteiger partial charge in [-0.1, -0.05) is 44.5 Å². The van der Waals surface area contributed by atoms with Crippen LogP contribution in [0.15, 0.2) is 36.8 Å². The van der Waals surface area contributed by atoms with Gasteiger partial charge in [-0.25, -0.2) is 14.6 Å². The van der Waals surface area contributed by atoms with Gasteiger partial charge in [0.15, 0.2) is 5.82 Å². The molecule has 2 aromatic heterocycles. The number of aliphatic hydroxyl groups is 1. The van der Waals surface area contributed by atoms with Crippen molar-refractivity contribution in [2.45, 2.75) is 64.3 Å². The minimum absolute atomic E-state index is 0.0692. The van der Waals surface area contributed by atoms with E-state index in [4.69, 9.17) is 16.7 Å². The Labute approximate surface area is 204 Å². The maximum Gasteiger partial charge on any atom is 0.232 e. The largest absolute Gasteiger partial charge is 0.387 e. The molecule has 0 spiro atoms. The minimum Gasteiger partial charge on any atom is -0.387 e. The third kappa shape index (κ3) is 4.21. The van der Waals surface area contributed by atoms with Gasteiger partial charge in [0.25, 0.3) is 0 Å². The van der Waals surface area contributed by atoms with Gasteiger partial charge in [0.05, 0.1) is 30.0 Å². The van der Waals surface area contributed by atoms with Crippen LogP contribution in [0.3, 0.4) is 0 Å². The molecule has 9 heteroatoms. The zero-order chi connectivity index (χ0) is 24.0. The van der Waals surface area contributed by atoms with Gasteiger partial charge >= 0.3 is 0 Å². The molecular formula is C25H29ClN6O2. The van der Waals surface area contributed by atoms with Crippen molar-refractivity contribution in [2.24, 2.45) is 0 Å². The highest BCUT2D eigenvalue weighted by atomic mass is 35.5. The smallest absolute Gasteiger partial charge is 0.232 e. The lowest BCUT2D eigenvalue weighted by molar-refractivity contribution is -0.133. The number of rotatable bonds is 6. The molecule has 2 N–H and O–H groups in total. The standard InChI is InChI=1S/C25H29ClN6O2/c1-14(2)27-9-19(16-4-6-18(26)7-5-16)25(34)31-10-17-11-32(30-20(17)12-31)24-22-15(3)8-21(33)23(22)28-13-29-24/h4-7,11,13-15,19,21,27,33H,8-10,12H2,1-3H3/t15-,19-,21-/m1/s1. The number of nitrogens with one attached hydrogen (secondary N) is 1. The van der Waals surface area contributed by atoms with Crippen molar-refractivity contribution in [1.82, 2.24) is 30.0 Å². The van der Waals surface area contributed by atoms with Crippen LogP contribution >= 0.6 is 11.6 Å². The molecule has 34 heavy (non-hydrogen) atoms. The summed E-state index contributed by atoms with van der Waals surface area (Å²) in [4.78, 5) is 24.2. The number of hydrogen-bond donors (Lipinski definition) is 2. The normalized spacial score (nSPS) is 20.0. The van der Waals surface area contributed by atoms with Gasteiger partial charge in [0, 0.05) is 41.5 Å². The summed E-state index contributed by atoms with van der Waals surface area (Å²) in [6, 6.07) is 7.78. The van der Waals surface area contributed by atoms with Crippen molar-refractivity contribution >= 4 is 17.5 Å². The molecule has 0 saturated heterocycles.